The maximum Gasteiger partial charge on any atom is 0.317 e. The van der Waals surface area contributed by atoms with Gasteiger partial charge in [-0.3, -0.25) is 4.79 Å². The molecule has 0 aliphatic heterocycles. The highest BCUT2D eigenvalue weighted by Gasteiger charge is 2.21. The number of hydrogen-bond acceptors (Lipinski definition) is 4. The van der Waals surface area contributed by atoms with Crippen LogP contribution in [0.15, 0.2) is 35.6 Å². The van der Waals surface area contributed by atoms with Crippen LogP contribution in [0.2, 0.25) is 0 Å². The van der Waals surface area contributed by atoms with Gasteiger partial charge in [-0.05, 0) is 24.1 Å². The number of benzene rings is 1. The molecule has 24 heavy (non-hydrogen) atoms. The number of aromatic nitrogens is 2. The molecule has 2 aromatic rings. The summed E-state index contributed by atoms with van der Waals surface area (Å²) >= 11 is 1.19. The molecule has 0 fully saturated rings. The summed E-state index contributed by atoms with van der Waals surface area (Å²) in [5, 5.41) is 18.7. The number of carboxylic acids is 1. The third-order valence-electron chi connectivity index (χ3n) is 3.56. The lowest BCUT2D eigenvalue weighted by Gasteiger charge is -2.13. The van der Waals surface area contributed by atoms with Gasteiger partial charge >= 0.3 is 5.97 Å². The van der Waals surface area contributed by atoms with Crippen LogP contribution in [0.5, 0.6) is 0 Å². The van der Waals surface area contributed by atoms with E-state index in [1.165, 1.54) is 23.9 Å². The van der Waals surface area contributed by atoms with Crippen LogP contribution < -0.4 is 0 Å². The molecule has 1 aromatic carbocycles. The van der Waals surface area contributed by atoms with E-state index in [1.54, 1.807) is 22.9 Å². The van der Waals surface area contributed by atoms with Gasteiger partial charge in [0, 0.05) is 12.7 Å². The van der Waals surface area contributed by atoms with Crippen LogP contribution in [0.3, 0.4) is 0 Å². The quantitative estimate of drug-likeness (QED) is 0.677. The van der Waals surface area contributed by atoms with Crippen molar-refractivity contribution in [2.24, 2.45) is 0 Å². The standard InChI is InChI=1S/C17H21FN2O3S/c1-2-3-4-15(16(22)23)24-17-19-14(11-21)10-20(17)9-12-5-7-13(18)8-6-12/h5-8,10,15,21H,2-4,9,11H2,1H3,(H,22,23)/t15-/m1/s1. The molecular formula is C17H21FN2O3S. The maximum absolute atomic E-state index is 13.0. The highest BCUT2D eigenvalue weighted by atomic mass is 32.2. The number of carboxylic acid groups (broad SMARTS) is 1. The minimum Gasteiger partial charge on any atom is -0.480 e. The van der Waals surface area contributed by atoms with Crippen molar-refractivity contribution in [3.63, 3.8) is 0 Å². The summed E-state index contributed by atoms with van der Waals surface area (Å²) in [5.41, 5.74) is 1.36. The highest BCUT2D eigenvalue weighted by molar-refractivity contribution is 8.00. The topological polar surface area (TPSA) is 75.4 Å². The highest BCUT2D eigenvalue weighted by Crippen LogP contribution is 2.27. The van der Waals surface area contributed by atoms with Gasteiger partial charge in [0.25, 0.3) is 0 Å². The molecule has 0 bridgehead atoms. The molecule has 1 aromatic heterocycles. The molecule has 0 amide bonds. The van der Waals surface area contributed by atoms with Gasteiger partial charge < -0.3 is 14.8 Å². The van der Waals surface area contributed by atoms with Crippen molar-refractivity contribution in [3.8, 4) is 0 Å². The van der Waals surface area contributed by atoms with E-state index in [0.717, 1.165) is 18.4 Å². The Kier molecular flexibility index (Phi) is 6.81. The van der Waals surface area contributed by atoms with E-state index in [-0.39, 0.29) is 12.4 Å². The SMILES string of the molecule is CCCC[C@@H](Sc1nc(CO)cn1Cc1ccc(F)cc1)C(=O)O. The molecule has 0 unspecified atom stereocenters. The van der Waals surface area contributed by atoms with Crippen molar-refractivity contribution in [2.45, 2.75) is 49.7 Å². The fraction of sp³-hybridized carbons (Fsp3) is 0.412. The molecule has 2 N–H and O–H groups in total. The van der Waals surface area contributed by atoms with Gasteiger partial charge in [-0.1, -0.05) is 43.7 Å². The predicted octanol–water partition coefficient (Wildman–Crippen LogP) is 3.30. The Morgan fingerprint density at radius 2 is 2.08 bits per heavy atom. The summed E-state index contributed by atoms with van der Waals surface area (Å²) in [6.07, 6.45) is 4.02. The first-order chi connectivity index (χ1) is 11.5. The van der Waals surface area contributed by atoms with Crippen LogP contribution in [0.4, 0.5) is 4.39 Å². The molecule has 5 nitrogen and oxygen atoms in total. The Balaban J connectivity index is 2.20. The second kappa shape index (κ2) is 8.84. The van der Waals surface area contributed by atoms with Crippen molar-refractivity contribution in [1.29, 1.82) is 0 Å². The lowest BCUT2D eigenvalue weighted by Crippen LogP contribution is -2.17. The van der Waals surface area contributed by atoms with Gasteiger partial charge in [-0.2, -0.15) is 0 Å². The normalized spacial score (nSPS) is 12.3. The molecule has 1 heterocycles. The third kappa shape index (κ3) is 5.07. The fourth-order valence-corrected chi connectivity index (χ4v) is 3.33. The Morgan fingerprint density at radius 1 is 1.38 bits per heavy atom. The number of carbonyl (C=O) groups is 1. The van der Waals surface area contributed by atoms with Crippen molar-refractivity contribution in [3.05, 3.63) is 47.5 Å². The average Bonchev–Trinajstić information content (AvgIpc) is 2.95. The molecule has 2 rings (SSSR count). The summed E-state index contributed by atoms with van der Waals surface area (Å²) < 4.78 is 14.8. The van der Waals surface area contributed by atoms with Crippen LogP contribution >= 0.6 is 11.8 Å². The molecule has 0 saturated carbocycles. The van der Waals surface area contributed by atoms with Crippen LogP contribution in [-0.2, 0) is 17.9 Å². The first-order valence-corrected chi connectivity index (χ1v) is 8.72. The predicted molar refractivity (Wildman–Crippen MR) is 90.5 cm³/mol. The number of halogens is 1. The van der Waals surface area contributed by atoms with Gasteiger partial charge in [0.05, 0.1) is 12.3 Å². The zero-order valence-electron chi connectivity index (χ0n) is 13.5. The second-order valence-electron chi connectivity index (χ2n) is 5.51. The number of aliphatic hydroxyl groups excluding tert-OH is 1. The maximum atomic E-state index is 13.0. The van der Waals surface area contributed by atoms with Crippen molar-refractivity contribution < 1.29 is 19.4 Å². The van der Waals surface area contributed by atoms with E-state index in [9.17, 15) is 19.4 Å². The number of aliphatic carboxylic acids is 1. The van der Waals surface area contributed by atoms with Crippen LogP contribution in [0.25, 0.3) is 0 Å². The molecule has 0 saturated heterocycles. The number of thioether (sulfide) groups is 1. The minimum absolute atomic E-state index is 0.212. The Bertz CT molecular complexity index is 673. The molecule has 0 aliphatic carbocycles. The number of imidazole rings is 1. The summed E-state index contributed by atoms with van der Waals surface area (Å²) in [6.45, 7) is 2.25. The zero-order chi connectivity index (χ0) is 17.5. The number of rotatable bonds is 9. The zero-order valence-corrected chi connectivity index (χ0v) is 14.3. The van der Waals surface area contributed by atoms with E-state index in [1.807, 2.05) is 6.92 Å². The molecule has 7 heteroatoms. The van der Waals surface area contributed by atoms with Crippen LogP contribution in [0, 0.1) is 5.82 Å². The van der Waals surface area contributed by atoms with Gasteiger partial charge in [0.15, 0.2) is 5.16 Å². The summed E-state index contributed by atoms with van der Waals surface area (Å²) in [6, 6.07) is 6.11. The average molecular weight is 352 g/mol. The first kappa shape index (κ1) is 18.5. The van der Waals surface area contributed by atoms with Crippen molar-refractivity contribution in [2.75, 3.05) is 0 Å². The number of hydrogen-bond donors (Lipinski definition) is 2. The summed E-state index contributed by atoms with van der Waals surface area (Å²) in [5.74, 6) is -1.17. The van der Waals surface area contributed by atoms with Gasteiger partial charge in [-0.15, -0.1) is 0 Å². The third-order valence-corrected chi connectivity index (χ3v) is 4.82. The summed E-state index contributed by atoms with van der Waals surface area (Å²) in [4.78, 5) is 15.8. The monoisotopic (exact) mass is 352 g/mol. The molecule has 0 radical (unpaired) electrons. The lowest BCUT2D eigenvalue weighted by molar-refractivity contribution is -0.136. The Morgan fingerprint density at radius 3 is 2.67 bits per heavy atom. The minimum atomic E-state index is -0.865. The Labute approximate surface area is 144 Å². The van der Waals surface area contributed by atoms with Crippen LogP contribution in [0.1, 0.15) is 37.4 Å². The van der Waals surface area contributed by atoms with Gasteiger partial charge in [0.2, 0.25) is 0 Å². The molecule has 1 atom stereocenters. The molecule has 0 aliphatic rings. The van der Waals surface area contributed by atoms with E-state index < -0.39 is 11.2 Å². The van der Waals surface area contributed by atoms with Crippen LogP contribution in [-0.4, -0.2) is 31.0 Å². The van der Waals surface area contributed by atoms with E-state index >= 15 is 0 Å². The second-order valence-corrected chi connectivity index (χ2v) is 6.68. The fourth-order valence-electron chi connectivity index (χ4n) is 2.27. The largest absolute Gasteiger partial charge is 0.480 e. The number of unbranched alkanes of at least 4 members (excludes halogenated alkanes) is 1. The van der Waals surface area contributed by atoms with Gasteiger partial charge in [-0.25, -0.2) is 9.37 Å². The Hall–Kier alpha value is -1.86. The first-order valence-electron chi connectivity index (χ1n) is 7.84. The molecule has 130 valence electrons. The molecular weight excluding hydrogens is 331 g/mol. The lowest BCUT2D eigenvalue weighted by atomic mass is 10.2. The van der Waals surface area contributed by atoms with E-state index in [2.05, 4.69) is 4.98 Å². The molecule has 0 spiro atoms. The van der Waals surface area contributed by atoms with E-state index in [0.29, 0.717) is 23.8 Å². The van der Waals surface area contributed by atoms with Crippen molar-refractivity contribution in [1.82, 2.24) is 9.55 Å². The number of nitrogens with zero attached hydrogens (tertiary/aromatic N) is 2. The summed E-state index contributed by atoms with van der Waals surface area (Å²) in [7, 11) is 0. The van der Waals surface area contributed by atoms with Crippen molar-refractivity contribution >= 4 is 17.7 Å². The van der Waals surface area contributed by atoms with E-state index in [4.69, 9.17) is 0 Å². The van der Waals surface area contributed by atoms with Gasteiger partial charge in [0.1, 0.15) is 11.1 Å². The smallest absolute Gasteiger partial charge is 0.317 e. The number of aliphatic hydroxyl groups is 1.